The molecule has 3 nitrogen and oxygen atoms in total. The van der Waals surface area contributed by atoms with Crippen LogP contribution in [-0.2, 0) is 12.4 Å². The summed E-state index contributed by atoms with van der Waals surface area (Å²) in [6, 6.07) is 0.333. The molecule has 0 aliphatic carbocycles. The number of alkyl halides is 6. The minimum atomic E-state index is -5.03. The number of amides is 1. The number of hydrogen-bond acceptors (Lipinski definition) is 2. The lowest BCUT2D eigenvalue weighted by Crippen LogP contribution is -2.22. The molecular formula is C10H7F6NO2. The van der Waals surface area contributed by atoms with E-state index in [2.05, 4.69) is 4.74 Å². The van der Waals surface area contributed by atoms with E-state index in [4.69, 9.17) is 5.73 Å². The zero-order valence-electron chi connectivity index (χ0n) is 9.32. The fraction of sp³-hybridized carbons (Fsp3) is 0.300. The van der Waals surface area contributed by atoms with Crippen molar-refractivity contribution in [1.82, 2.24) is 0 Å². The first-order chi connectivity index (χ1) is 8.50. The Kier molecular flexibility index (Phi) is 3.69. The first-order valence-corrected chi connectivity index (χ1v) is 4.65. The molecule has 106 valence electrons. The highest BCUT2D eigenvalue weighted by molar-refractivity contribution is 5.98. The molecule has 0 aliphatic rings. The predicted molar refractivity (Wildman–Crippen MR) is 51.5 cm³/mol. The average Bonchev–Trinajstić information content (AvgIpc) is 2.24. The van der Waals surface area contributed by atoms with Crippen LogP contribution in [0.2, 0.25) is 0 Å². The summed E-state index contributed by atoms with van der Waals surface area (Å²) in [5, 5.41) is 0. The predicted octanol–water partition coefficient (Wildman–Crippen LogP) is 2.83. The van der Waals surface area contributed by atoms with E-state index in [0.717, 1.165) is 7.11 Å². The molecule has 9 heteroatoms. The maximum atomic E-state index is 12.6. The largest absolute Gasteiger partial charge is 0.495 e. The third-order valence-electron chi connectivity index (χ3n) is 2.22. The lowest BCUT2D eigenvalue weighted by Gasteiger charge is -2.18. The highest BCUT2D eigenvalue weighted by Crippen LogP contribution is 2.43. The average molecular weight is 287 g/mol. The molecule has 1 rings (SSSR count). The van der Waals surface area contributed by atoms with E-state index >= 15 is 0 Å². The molecule has 19 heavy (non-hydrogen) atoms. The fourth-order valence-corrected chi connectivity index (χ4v) is 1.50. The summed E-state index contributed by atoms with van der Waals surface area (Å²) in [6.45, 7) is 0. The van der Waals surface area contributed by atoms with Crippen molar-refractivity contribution in [3.63, 3.8) is 0 Å². The van der Waals surface area contributed by atoms with Gasteiger partial charge in [-0.3, -0.25) is 4.79 Å². The van der Waals surface area contributed by atoms with Gasteiger partial charge in [-0.15, -0.1) is 0 Å². The number of benzene rings is 1. The molecule has 0 aromatic heterocycles. The highest BCUT2D eigenvalue weighted by atomic mass is 19.4. The summed E-state index contributed by atoms with van der Waals surface area (Å²) >= 11 is 0. The number of rotatable bonds is 2. The van der Waals surface area contributed by atoms with Gasteiger partial charge in [0.2, 0.25) is 0 Å². The Morgan fingerprint density at radius 2 is 1.47 bits per heavy atom. The third-order valence-corrected chi connectivity index (χ3v) is 2.22. The van der Waals surface area contributed by atoms with Crippen molar-refractivity contribution in [2.24, 2.45) is 5.73 Å². The molecule has 0 bridgehead atoms. The second kappa shape index (κ2) is 4.63. The van der Waals surface area contributed by atoms with Gasteiger partial charge in [0.1, 0.15) is 5.75 Å². The maximum absolute atomic E-state index is 12.6. The van der Waals surface area contributed by atoms with Gasteiger partial charge in [-0.2, -0.15) is 26.3 Å². The summed E-state index contributed by atoms with van der Waals surface area (Å²) in [5.41, 5.74) is 0.289. The number of carbonyl (C=O) groups excluding carboxylic acids is 1. The number of ether oxygens (including phenoxy) is 1. The van der Waals surface area contributed by atoms with Crippen LogP contribution in [0.5, 0.6) is 5.75 Å². The molecule has 1 amide bonds. The van der Waals surface area contributed by atoms with Gasteiger partial charge in [-0.25, -0.2) is 0 Å². The summed E-state index contributed by atoms with van der Waals surface area (Å²) in [7, 11) is 0.719. The summed E-state index contributed by atoms with van der Waals surface area (Å²) in [5.74, 6) is -2.90. The second-order valence-electron chi connectivity index (χ2n) is 3.43. The van der Waals surface area contributed by atoms with E-state index in [1.807, 2.05) is 0 Å². The fourth-order valence-electron chi connectivity index (χ4n) is 1.50. The van der Waals surface area contributed by atoms with Crippen molar-refractivity contribution in [2.75, 3.05) is 7.11 Å². The first-order valence-electron chi connectivity index (χ1n) is 4.65. The maximum Gasteiger partial charge on any atom is 0.419 e. The van der Waals surface area contributed by atoms with Gasteiger partial charge >= 0.3 is 12.4 Å². The van der Waals surface area contributed by atoms with Crippen LogP contribution in [0.25, 0.3) is 0 Å². The standard InChI is InChI=1S/C10H7F6NO2/c1-19-7-5(10(14,15)16)3-2-4(9(11,12)13)6(7)8(17)18/h2-3H,1H3,(H2,17,18). The normalized spacial score (nSPS) is 12.4. The minimum absolute atomic E-state index is 0.144. The zero-order valence-corrected chi connectivity index (χ0v) is 9.32. The van der Waals surface area contributed by atoms with E-state index in [1.54, 1.807) is 0 Å². The molecule has 2 N–H and O–H groups in total. The van der Waals surface area contributed by atoms with Crippen molar-refractivity contribution < 1.29 is 35.9 Å². The van der Waals surface area contributed by atoms with Crippen molar-refractivity contribution in [3.05, 3.63) is 28.8 Å². The smallest absolute Gasteiger partial charge is 0.419 e. The lowest BCUT2D eigenvalue weighted by molar-refractivity contribution is -0.142. The van der Waals surface area contributed by atoms with E-state index in [1.165, 1.54) is 0 Å². The molecule has 0 unspecified atom stereocenters. The van der Waals surface area contributed by atoms with Crippen LogP contribution in [0.15, 0.2) is 12.1 Å². The molecule has 0 atom stereocenters. The highest BCUT2D eigenvalue weighted by Gasteiger charge is 2.42. The minimum Gasteiger partial charge on any atom is -0.495 e. The van der Waals surface area contributed by atoms with Crippen molar-refractivity contribution >= 4 is 5.91 Å². The third kappa shape index (κ3) is 2.91. The van der Waals surface area contributed by atoms with E-state index < -0.39 is 40.7 Å². The summed E-state index contributed by atoms with van der Waals surface area (Å²) < 4.78 is 79.9. The number of carbonyl (C=O) groups is 1. The number of hydrogen-bond donors (Lipinski definition) is 1. The van der Waals surface area contributed by atoms with Gasteiger partial charge in [0.15, 0.2) is 0 Å². The van der Waals surface area contributed by atoms with E-state index in [-0.39, 0.29) is 12.1 Å². The Morgan fingerprint density at radius 1 is 1.05 bits per heavy atom. The van der Waals surface area contributed by atoms with Gasteiger partial charge in [-0.1, -0.05) is 0 Å². The van der Waals surface area contributed by atoms with Crippen LogP contribution in [0, 0.1) is 0 Å². The van der Waals surface area contributed by atoms with E-state index in [9.17, 15) is 31.1 Å². The quantitative estimate of drug-likeness (QED) is 0.850. The van der Waals surface area contributed by atoms with Crippen molar-refractivity contribution in [2.45, 2.75) is 12.4 Å². The monoisotopic (exact) mass is 287 g/mol. The molecule has 0 fully saturated rings. The first kappa shape index (κ1) is 15.1. The molecule has 0 aliphatic heterocycles. The number of methoxy groups -OCH3 is 1. The lowest BCUT2D eigenvalue weighted by atomic mass is 10.0. The Labute approximate surface area is 102 Å². The van der Waals surface area contributed by atoms with Crippen LogP contribution >= 0.6 is 0 Å². The van der Waals surface area contributed by atoms with Gasteiger partial charge in [0.25, 0.3) is 5.91 Å². The van der Waals surface area contributed by atoms with E-state index in [0.29, 0.717) is 0 Å². The molecule has 1 aromatic carbocycles. The molecular weight excluding hydrogens is 280 g/mol. The molecule has 0 saturated heterocycles. The number of primary amides is 1. The van der Waals surface area contributed by atoms with Crippen molar-refractivity contribution in [1.29, 1.82) is 0 Å². The SMILES string of the molecule is COc1c(C(F)(F)F)ccc(C(F)(F)F)c1C(N)=O. The Morgan fingerprint density at radius 3 is 1.79 bits per heavy atom. The zero-order chi connectivity index (χ0) is 15.0. The number of nitrogens with two attached hydrogens (primary N) is 1. The van der Waals surface area contributed by atoms with Gasteiger partial charge in [0, 0.05) is 0 Å². The van der Waals surface area contributed by atoms with Gasteiger partial charge in [0.05, 0.1) is 23.8 Å². The number of halogens is 6. The van der Waals surface area contributed by atoms with Crippen LogP contribution in [0.4, 0.5) is 26.3 Å². The Balaban J connectivity index is 3.72. The molecule has 0 saturated carbocycles. The molecule has 0 heterocycles. The van der Waals surface area contributed by atoms with Crippen LogP contribution < -0.4 is 10.5 Å². The van der Waals surface area contributed by atoms with Gasteiger partial charge in [-0.05, 0) is 12.1 Å². The molecule has 0 radical (unpaired) electrons. The van der Waals surface area contributed by atoms with Crippen molar-refractivity contribution in [3.8, 4) is 5.75 Å². The molecule has 1 aromatic rings. The summed E-state index contributed by atoms with van der Waals surface area (Å²) in [6.07, 6.45) is -10.00. The molecule has 0 spiro atoms. The van der Waals surface area contributed by atoms with Gasteiger partial charge < -0.3 is 10.5 Å². The second-order valence-corrected chi connectivity index (χ2v) is 3.43. The summed E-state index contributed by atoms with van der Waals surface area (Å²) in [4.78, 5) is 11.0. The van der Waals surface area contributed by atoms with Crippen LogP contribution in [0.1, 0.15) is 21.5 Å². The van der Waals surface area contributed by atoms with Crippen LogP contribution in [-0.4, -0.2) is 13.0 Å². The Bertz CT molecular complexity index is 506. The Hall–Kier alpha value is -1.93. The topological polar surface area (TPSA) is 52.3 Å². The van der Waals surface area contributed by atoms with Crippen LogP contribution in [0.3, 0.4) is 0 Å².